The molecule has 0 aromatic heterocycles. The number of hydrogen-bond acceptors (Lipinski definition) is 4. The first-order valence-corrected chi connectivity index (χ1v) is 8.78. The average Bonchev–Trinajstić information content (AvgIpc) is 2.81. The van der Waals surface area contributed by atoms with Crippen LogP contribution < -0.4 is 4.74 Å². The molecule has 1 aromatic carbocycles. The number of fused-ring (bicyclic) bond motifs is 1. The van der Waals surface area contributed by atoms with E-state index in [1.807, 2.05) is 26.8 Å². The van der Waals surface area contributed by atoms with E-state index in [2.05, 4.69) is 24.8 Å². The van der Waals surface area contributed by atoms with Gasteiger partial charge in [0.05, 0.1) is 25.4 Å². The third kappa shape index (κ3) is 3.37. The zero-order valence-electron chi connectivity index (χ0n) is 13.7. The van der Waals surface area contributed by atoms with Crippen LogP contribution in [-0.2, 0) is 9.47 Å². The van der Waals surface area contributed by atoms with Crippen molar-refractivity contribution in [1.82, 2.24) is 0 Å². The molecule has 1 atom stereocenters. The van der Waals surface area contributed by atoms with Gasteiger partial charge in [0, 0.05) is 5.92 Å². The molecule has 0 saturated heterocycles. The van der Waals surface area contributed by atoms with E-state index in [0.29, 0.717) is 19.8 Å². The molecule has 1 aromatic rings. The van der Waals surface area contributed by atoms with Gasteiger partial charge in [-0.3, -0.25) is 0 Å². The molecule has 0 amide bonds. The number of allylic oxidation sites excluding steroid dienone is 1. The summed E-state index contributed by atoms with van der Waals surface area (Å²) in [5.41, 5.74) is 2.32. The van der Waals surface area contributed by atoms with Crippen molar-refractivity contribution in [2.45, 2.75) is 39.5 Å². The number of ether oxygens (including phenoxy) is 3. The summed E-state index contributed by atoms with van der Waals surface area (Å²) < 4.78 is 17.7. The molecule has 1 unspecified atom stereocenters. The van der Waals surface area contributed by atoms with Crippen molar-refractivity contribution >= 4 is 18.4 Å². The summed E-state index contributed by atoms with van der Waals surface area (Å²) in [6.45, 7) is 7.91. The molecule has 2 rings (SSSR count). The summed E-state index contributed by atoms with van der Waals surface area (Å²) in [6.07, 6.45) is 2.06. The second-order valence-corrected chi connectivity index (χ2v) is 5.58. The first-order valence-electron chi connectivity index (χ1n) is 8.15. The lowest BCUT2D eigenvalue weighted by Crippen LogP contribution is -2.04. The Labute approximate surface area is 139 Å². The largest absolute Gasteiger partial charge is 0.494 e. The lowest BCUT2D eigenvalue weighted by Gasteiger charge is -2.16. The summed E-state index contributed by atoms with van der Waals surface area (Å²) in [6, 6.07) is 6.22. The quantitative estimate of drug-likeness (QED) is 0.672. The van der Waals surface area contributed by atoms with E-state index in [1.165, 1.54) is 5.56 Å². The topological polar surface area (TPSA) is 27.7 Å². The maximum absolute atomic E-state index is 5.97. The second-order valence-electron chi connectivity index (χ2n) is 5.13. The van der Waals surface area contributed by atoms with E-state index in [9.17, 15) is 0 Å². The van der Waals surface area contributed by atoms with Gasteiger partial charge in [0.15, 0.2) is 5.76 Å². The smallest absolute Gasteiger partial charge is 0.168 e. The van der Waals surface area contributed by atoms with Crippen LogP contribution in [0.1, 0.15) is 50.7 Å². The van der Waals surface area contributed by atoms with Crippen LogP contribution in [0.3, 0.4) is 0 Å². The molecular weight excluding hydrogens is 296 g/mol. The molecule has 1 aliphatic carbocycles. The minimum Gasteiger partial charge on any atom is -0.494 e. The second kappa shape index (κ2) is 8.37. The van der Waals surface area contributed by atoms with Crippen LogP contribution in [0.4, 0.5) is 0 Å². The third-order valence-corrected chi connectivity index (χ3v) is 4.06. The fourth-order valence-electron chi connectivity index (χ4n) is 2.97. The van der Waals surface area contributed by atoms with E-state index in [-0.39, 0.29) is 5.92 Å². The molecule has 22 heavy (non-hydrogen) atoms. The summed E-state index contributed by atoms with van der Waals surface area (Å²) in [5, 5.41) is 0. The highest BCUT2D eigenvalue weighted by molar-refractivity contribution is 7.80. The predicted molar refractivity (Wildman–Crippen MR) is 93.6 cm³/mol. The van der Waals surface area contributed by atoms with Crippen LogP contribution in [0.2, 0.25) is 0 Å². The fraction of sp³-hybridized carbons (Fsp3) is 0.556. The van der Waals surface area contributed by atoms with Crippen LogP contribution >= 0.6 is 12.6 Å². The van der Waals surface area contributed by atoms with Crippen LogP contribution in [0.5, 0.6) is 5.75 Å². The zero-order valence-corrected chi connectivity index (χ0v) is 14.6. The minimum atomic E-state index is 0.240. The molecule has 0 bridgehead atoms. The molecule has 0 heterocycles. The lowest BCUT2D eigenvalue weighted by atomic mass is 9.95. The summed E-state index contributed by atoms with van der Waals surface area (Å²) in [7, 11) is 0. The Morgan fingerprint density at radius 3 is 2.36 bits per heavy atom. The molecular formula is C18H26O3S. The van der Waals surface area contributed by atoms with Crippen LogP contribution in [-0.4, -0.2) is 25.6 Å². The minimum absolute atomic E-state index is 0.240. The van der Waals surface area contributed by atoms with Gasteiger partial charge >= 0.3 is 0 Å². The number of benzene rings is 1. The maximum Gasteiger partial charge on any atom is 0.168 e. The van der Waals surface area contributed by atoms with Crippen molar-refractivity contribution in [3.05, 3.63) is 35.1 Å². The third-order valence-electron chi connectivity index (χ3n) is 3.74. The molecule has 0 aliphatic heterocycles. The van der Waals surface area contributed by atoms with Crippen molar-refractivity contribution < 1.29 is 14.2 Å². The van der Waals surface area contributed by atoms with Crippen LogP contribution in [0.15, 0.2) is 24.0 Å². The van der Waals surface area contributed by atoms with Crippen molar-refractivity contribution in [2.75, 3.05) is 25.6 Å². The van der Waals surface area contributed by atoms with Crippen molar-refractivity contribution in [3.63, 3.8) is 0 Å². The molecule has 0 fully saturated rings. The molecule has 1 aliphatic rings. The van der Waals surface area contributed by atoms with E-state index in [4.69, 9.17) is 14.2 Å². The molecule has 0 spiro atoms. The molecule has 3 nitrogen and oxygen atoms in total. The molecule has 0 radical (unpaired) electrons. The maximum atomic E-state index is 5.97. The van der Waals surface area contributed by atoms with Crippen LogP contribution in [0, 0.1) is 0 Å². The molecule has 122 valence electrons. The molecule has 0 N–H and O–H groups in total. The predicted octanol–water partition coefficient (Wildman–Crippen LogP) is 4.63. The van der Waals surface area contributed by atoms with E-state index in [1.54, 1.807) is 0 Å². The van der Waals surface area contributed by atoms with Crippen LogP contribution in [0.25, 0.3) is 5.76 Å². The Morgan fingerprint density at radius 2 is 1.73 bits per heavy atom. The monoisotopic (exact) mass is 322 g/mol. The number of thiol groups is 1. The average molecular weight is 322 g/mol. The molecule has 0 saturated carbocycles. The van der Waals surface area contributed by atoms with Crippen molar-refractivity contribution in [3.8, 4) is 5.75 Å². The van der Waals surface area contributed by atoms with E-state index >= 15 is 0 Å². The Balaban J connectivity index is 2.50. The van der Waals surface area contributed by atoms with Gasteiger partial charge in [0.1, 0.15) is 11.5 Å². The standard InChI is InChI=1S/C18H26O3S/c1-4-19-15-11-7-9-13-14(10-8-12-22)17(20-5-2)18(16(13)15)21-6-3/h7,9,11,14,22H,4-6,8,10,12H2,1-3H3. The van der Waals surface area contributed by atoms with Gasteiger partial charge < -0.3 is 14.2 Å². The van der Waals surface area contributed by atoms with Crippen molar-refractivity contribution in [1.29, 1.82) is 0 Å². The van der Waals surface area contributed by atoms with Gasteiger partial charge in [-0.25, -0.2) is 0 Å². The summed E-state index contributed by atoms with van der Waals surface area (Å²) >= 11 is 4.35. The zero-order chi connectivity index (χ0) is 15.9. The Kier molecular flexibility index (Phi) is 6.49. The Hall–Kier alpha value is -1.29. The van der Waals surface area contributed by atoms with E-state index in [0.717, 1.165) is 41.4 Å². The van der Waals surface area contributed by atoms with Crippen molar-refractivity contribution in [2.24, 2.45) is 0 Å². The first kappa shape index (κ1) is 17.1. The summed E-state index contributed by atoms with van der Waals surface area (Å²) in [5.74, 6) is 3.80. The number of rotatable bonds is 9. The van der Waals surface area contributed by atoms with Gasteiger partial charge in [-0.1, -0.05) is 12.1 Å². The normalized spacial score (nSPS) is 16.6. The van der Waals surface area contributed by atoms with Gasteiger partial charge in [-0.05, 0) is 51.0 Å². The SMILES string of the molecule is CCOC1=C(OCC)C(CCCS)c2cccc(OCC)c21. The molecule has 4 heteroatoms. The Morgan fingerprint density at radius 1 is 1.00 bits per heavy atom. The first-order chi connectivity index (χ1) is 10.8. The lowest BCUT2D eigenvalue weighted by molar-refractivity contribution is 0.191. The highest BCUT2D eigenvalue weighted by atomic mass is 32.1. The highest BCUT2D eigenvalue weighted by Crippen LogP contribution is 2.48. The van der Waals surface area contributed by atoms with E-state index < -0.39 is 0 Å². The van der Waals surface area contributed by atoms with Gasteiger partial charge in [-0.15, -0.1) is 0 Å². The fourth-order valence-corrected chi connectivity index (χ4v) is 3.15. The Bertz CT molecular complexity index is 525. The highest BCUT2D eigenvalue weighted by Gasteiger charge is 2.36. The summed E-state index contributed by atoms with van der Waals surface area (Å²) in [4.78, 5) is 0. The van der Waals surface area contributed by atoms with Gasteiger partial charge in [-0.2, -0.15) is 12.6 Å². The van der Waals surface area contributed by atoms with Gasteiger partial charge in [0.2, 0.25) is 0 Å². The number of hydrogen-bond donors (Lipinski definition) is 1. The van der Waals surface area contributed by atoms with Gasteiger partial charge in [0.25, 0.3) is 0 Å².